The molecule has 0 aliphatic carbocycles. The summed E-state index contributed by atoms with van der Waals surface area (Å²) in [5.41, 5.74) is -0.134. The molecule has 0 saturated carbocycles. The predicted molar refractivity (Wildman–Crippen MR) is 75.4 cm³/mol. The lowest BCUT2D eigenvalue weighted by atomic mass is 10.2. The van der Waals surface area contributed by atoms with Crippen LogP contribution in [-0.2, 0) is 0 Å². The first-order valence-electron chi connectivity index (χ1n) is 6.14. The number of pyridine rings is 1. The number of hydrogen-bond donors (Lipinski definition) is 0. The highest BCUT2D eigenvalue weighted by molar-refractivity contribution is 9.10. The minimum absolute atomic E-state index is 0.0671. The monoisotopic (exact) mass is 325 g/mol. The van der Waals surface area contributed by atoms with Crippen LogP contribution in [0.15, 0.2) is 4.47 Å². The number of unbranched alkanes of at least 4 members (excludes halogenated alkanes) is 2. The molecule has 0 aromatic carbocycles. The van der Waals surface area contributed by atoms with E-state index in [0.717, 1.165) is 12.8 Å². The van der Waals surface area contributed by atoms with E-state index in [4.69, 9.17) is 0 Å². The Labute approximate surface area is 120 Å². The van der Waals surface area contributed by atoms with Gasteiger partial charge in [0, 0.05) is 12.8 Å². The van der Waals surface area contributed by atoms with E-state index in [-0.39, 0.29) is 15.9 Å². The van der Waals surface area contributed by atoms with Gasteiger partial charge in [0.2, 0.25) is 0 Å². The van der Waals surface area contributed by atoms with E-state index in [1.54, 1.807) is 0 Å². The summed E-state index contributed by atoms with van der Waals surface area (Å²) in [4.78, 5) is 3.85. The standard InChI is InChI=1S/C15H14BrF2N/c1-3-5-7-9-11-14(17)13(16)15(18)12(19-11)10-8-6-4-2/h3-6H2,1-2H3. The van der Waals surface area contributed by atoms with Crippen LogP contribution in [0, 0.1) is 35.3 Å². The zero-order valence-corrected chi connectivity index (χ0v) is 12.5. The molecule has 0 aliphatic heterocycles. The molecule has 0 atom stereocenters. The normalized spacial score (nSPS) is 9.32. The third-order valence-electron chi connectivity index (χ3n) is 2.19. The fraction of sp³-hybridized carbons (Fsp3) is 0.400. The zero-order chi connectivity index (χ0) is 14.3. The van der Waals surface area contributed by atoms with Crippen LogP contribution >= 0.6 is 15.9 Å². The maximum absolute atomic E-state index is 13.8. The van der Waals surface area contributed by atoms with E-state index >= 15 is 0 Å². The molecular weight excluding hydrogens is 312 g/mol. The quantitative estimate of drug-likeness (QED) is 0.733. The molecule has 0 unspecified atom stereocenters. The van der Waals surface area contributed by atoms with Crippen LogP contribution in [0.1, 0.15) is 50.9 Å². The Morgan fingerprint density at radius 1 is 0.947 bits per heavy atom. The first kappa shape index (κ1) is 15.7. The van der Waals surface area contributed by atoms with E-state index in [1.165, 1.54) is 0 Å². The van der Waals surface area contributed by atoms with Crippen LogP contribution < -0.4 is 0 Å². The number of aromatic nitrogens is 1. The summed E-state index contributed by atoms with van der Waals surface area (Å²) in [5, 5.41) is 0. The second-order valence-corrected chi connectivity index (χ2v) is 4.65. The van der Waals surface area contributed by atoms with Crippen molar-refractivity contribution in [3.8, 4) is 23.7 Å². The predicted octanol–water partition coefficient (Wildman–Crippen LogP) is 4.43. The van der Waals surface area contributed by atoms with Gasteiger partial charge in [-0.15, -0.1) is 0 Å². The Morgan fingerprint density at radius 3 is 1.74 bits per heavy atom. The van der Waals surface area contributed by atoms with E-state index in [1.807, 2.05) is 13.8 Å². The molecule has 0 bridgehead atoms. The van der Waals surface area contributed by atoms with E-state index < -0.39 is 11.6 Å². The summed E-state index contributed by atoms with van der Waals surface area (Å²) in [5.74, 6) is 9.25. The third kappa shape index (κ3) is 4.33. The van der Waals surface area contributed by atoms with Crippen molar-refractivity contribution in [1.82, 2.24) is 4.98 Å². The minimum atomic E-state index is -0.776. The van der Waals surface area contributed by atoms with Crippen molar-refractivity contribution in [3.05, 3.63) is 27.5 Å². The third-order valence-corrected chi connectivity index (χ3v) is 2.88. The largest absolute Gasteiger partial charge is 0.225 e. The topological polar surface area (TPSA) is 12.9 Å². The fourth-order valence-corrected chi connectivity index (χ4v) is 1.60. The summed E-state index contributed by atoms with van der Waals surface area (Å²) in [6.45, 7) is 3.95. The van der Waals surface area contributed by atoms with Gasteiger partial charge in [-0.1, -0.05) is 25.7 Å². The van der Waals surface area contributed by atoms with E-state index in [9.17, 15) is 8.78 Å². The van der Waals surface area contributed by atoms with Gasteiger partial charge >= 0.3 is 0 Å². The molecule has 1 rings (SSSR count). The van der Waals surface area contributed by atoms with Crippen molar-refractivity contribution in [1.29, 1.82) is 0 Å². The van der Waals surface area contributed by atoms with Gasteiger partial charge in [0.15, 0.2) is 23.0 Å². The average molecular weight is 326 g/mol. The van der Waals surface area contributed by atoms with Crippen molar-refractivity contribution in [3.63, 3.8) is 0 Å². The lowest BCUT2D eigenvalue weighted by Crippen LogP contribution is -2.00. The number of rotatable bonds is 2. The Kier molecular flexibility index (Phi) is 6.53. The molecule has 19 heavy (non-hydrogen) atoms. The molecule has 1 aromatic heterocycles. The van der Waals surface area contributed by atoms with Crippen LogP contribution in [0.3, 0.4) is 0 Å². The van der Waals surface area contributed by atoms with Gasteiger partial charge in [0.05, 0.1) is 4.47 Å². The van der Waals surface area contributed by atoms with Gasteiger partial charge in [-0.05, 0) is 40.6 Å². The van der Waals surface area contributed by atoms with Gasteiger partial charge in [0.1, 0.15) is 0 Å². The highest BCUT2D eigenvalue weighted by Gasteiger charge is 2.16. The average Bonchev–Trinajstić information content (AvgIpc) is 2.41. The second kappa shape index (κ2) is 7.92. The highest BCUT2D eigenvalue weighted by atomic mass is 79.9. The molecule has 1 heterocycles. The van der Waals surface area contributed by atoms with E-state index in [2.05, 4.69) is 44.6 Å². The van der Waals surface area contributed by atoms with Crippen LogP contribution in [0.4, 0.5) is 8.78 Å². The lowest BCUT2D eigenvalue weighted by Gasteiger charge is -2.01. The molecule has 0 fully saturated rings. The number of nitrogens with zero attached hydrogens (tertiary/aromatic N) is 1. The van der Waals surface area contributed by atoms with Crippen molar-refractivity contribution in [2.45, 2.75) is 39.5 Å². The molecule has 0 N–H and O–H groups in total. The van der Waals surface area contributed by atoms with Gasteiger partial charge in [-0.25, -0.2) is 13.8 Å². The molecule has 0 amide bonds. The van der Waals surface area contributed by atoms with Crippen LogP contribution in [-0.4, -0.2) is 4.98 Å². The molecule has 4 heteroatoms. The summed E-state index contributed by atoms with van der Waals surface area (Å²) in [7, 11) is 0. The maximum Gasteiger partial charge on any atom is 0.174 e. The minimum Gasteiger partial charge on any atom is -0.225 e. The summed E-state index contributed by atoms with van der Waals surface area (Å²) in [6, 6.07) is 0. The van der Waals surface area contributed by atoms with Crippen molar-refractivity contribution >= 4 is 15.9 Å². The van der Waals surface area contributed by atoms with Crippen molar-refractivity contribution < 1.29 is 8.78 Å². The Hall–Kier alpha value is -1.39. The second-order valence-electron chi connectivity index (χ2n) is 3.85. The molecule has 100 valence electrons. The fourth-order valence-electron chi connectivity index (χ4n) is 1.22. The van der Waals surface area contributed by atoms with Crippen molar-refractivity contribution in [2.75, 3.05) is 0 Å². The summed E-state index contributed by atoms with van der Waals surface area (Å²) >= 11 is 2.87. The van der Waals surface area contributed by atoms with E-state index in [0.29, 0.717) is 12.8 Å². The molecule has 0 saturated heterocycles. The maximum atomic E-state index is 13.8. The van der Waals surface area contributed by atoms with Crippen LogP contribution in [0.25, 0.3) is 0 Å². The SMILES string of the molecule is CCCC#Cc1nc(C#CCCC)c(F)c(Br)c1F. The molecule has 1 nitrogen and oxygen atoms in total. The Balaban J connectivity index is 3.21. The molecular formula is C15H14BrF2N. The molecule has 0 radical (unpaired) electrons. The van der Waals surface area contributed by atoms with Gasteiger partial charge in [-0.3, -0.25) is 0 Å². The highest BCUT2D eigenvalue weighted by Crippen LogP contribution is 2.23. The first-order valence-corrected chi connectivity index (χ1v) is 6.93. The summed E-state index contributed by atoms with van der Waals surface area (Å²) in [6.07, 6.45) is 3.04. The smallest absolute Gasteiger partial charge is 0.174 e. The van der Waals surface area contributed by atoms with Gasteiger partial charge in [-0.2, -0.15) is 0 Å². The first-order chi connectivity index (χ1) is 9.11. The van der Waals surface area contributed by atoms with Crippen LogP contribution in [0.5, 0.6) is 0 Å². The summed E-state index contributed by atoms with van der Waals surface area (Å²) < 4.78 is 27.3. The Bertz CT molecular complexity index is 526. The molecule has 0 aliphatic rings. The Morgan fingerprint density at radius 2 is 1.37 bits per heavy atom. The zero-order valence-electron chi connectivity index (χ0n) is 10.9. The van der Waals surface area contributed by atoms with Gasteiger partial charge in [0.25, 0.3) is 0 Å². The van der Waals surface area contributed by atoms with Crippen LogP contribution in [0.2, 0.25) is 0 Å². The number of hydrogen-bond acceptors (Lipinski definition) is 1. The lowest BCUT2D eigenvalue weighted by molar-refractivity contribution is 0.555. The molecule has 0 spiro atoms. The molecule has 1 aromatic rings. The van der Waals surface area contributed by atoms with Crippen molar-refractivity contribution in [2.24, 2.45) is 0 Å². The number of halogens is 3. The van der Waals surface area contributed by atoms with Gasteiger partial charge < -0.3 is 0 Å².